The zero-order valence-electron chi connectivity index (χ0n) is 7.99. The molecule has 0 saturated heterocycles. The number of rotatable bonds is 2. The smallest absolute Gasteiger partial charge is 0.0704 e. The summed E-state index contributed by atoms with van der Waals surface area (Å²) in [4.78, 5) is 0. The van der Waals surface area contributed by atoms with Crippen LogP contribution >= 0.6 is 0 Å². The second-order valence-electron chi connectivity index (χ2n) is 3.38. The predicted octanol–water partition coefficient (Wildman–Crippen LogP) is 0.958. The molecule has 3 nitrogen and oxygen atoms in total. The third-order valence-electron chi connectivity index (χ3n) is 2.18. The Hall–Kier alpha value is -1.06. The Morgan fingerprint density at radius 2 is 2.00 bits per heavy atom. The minimum absolute atomic E-state index is 0.358. The Bertz CT molecular complexity index is 297. The molecule has 72 valence electrons. The van der Waals surface area contributed by atoms with Crippen molar-refractivity contribution in [2.75, 3.05) is 5.73 Å². The lowest BCUT2D eigenvalue weighted by Crippen LogP contribution is -2.24. The number of hydrogen-bond donors (Lipinski definition) is 3. The topological polar surface area (TPSA) is 72.3 Å². The van der Waals surface area contributed by atoms with Crippen molar-refractivity contribution in [1.29, 1.82) is 0 Å². The van der Waals surface area contributed by atoms with E-state index >= 15 is 0 Å². The van der Waals surface area contributed by atoms with Gasteiger partial charge in [-0.15, -0.1) is 0 Å². The normalized spacial score (nSPS) is 15.4. The molecule has 0 aliphatic carbocycles. The van der Waals surface area contributed by atoms with E-state index in [2.05, 4.69) is 0 Å². The molecule has 0 amide bonds. The Morgan fingerprint density at radius 3 is 2.54 bits per heavy atom. The number of nitrogen functional groups attached to an aromatic ring is 1. The van der Waals surface area contributed by atoms with Crippen molar-refractivity contribution in [1.82, 2.24) is 0 Å². The maximum absolute atomic E-state index is 9.32. The molecule has 2 atom stereocenters. The number of aliphatic hydroxyl groups excluding tert-OH is 1. The summed E-state index contributed by atoms with van der Waals surface area (Å²) in [5.41, 5.74) is 14.1. The van der Waals surface area contributed by atoms with E-state index in [1.165, 1.54) is 0 Å². The average Bonchev–Trinajstić information content (AvgIpc) is 2.08. The zero-order chi connectivity index (χ0) is 10.0. The Labute approximate surface area is 78.4 Å². The molecular weight excluding hydrogens is 164 g/mol. The molecule has 0 spiro atoms. The summed E-state index contributed by atoms with van der Waals surface area (Å²) in [6.07, 6.45) is -0.555. The quantitative estimate of drug-likeness (QED) is 0.593. The van der Waals surface area contributed by atoms with Gasteiger partial charge in [-0.2, -0.15) is 0 Å². The summed E-state index contributed by atoms with van der Waals surface area (Å²) in [5, 5.41) is 9.32. The SMILES string of the molecule is Cc1ccc(N)cc1[C@@H](N)[C@@H](C)O. The van der Waals surface area contributed by atoms with E-state index in [-0.39, 0.29) is 6.04 Å². The van der Waals surface area contributed by atoms with Crippen LogP contribution in [0.25, 0.3) is 0 Å². The maximum Gasteiger partial charge on any atom is 0.0704 e. The van der Waals surface area contributed by atoms with Crippen LogP contribution in [0.1, 0.15) is 24.1 Å². The van der Waals surface area contributed by atoms with E-state index in [0.29, 0.717) is 5.69 Å². The van der Waals surface area contributed by atoms with Crippen LogP contribution in [0.2, 0.25) is 0 Å². The molecule has 0 bridgehead atoms. The van der Waals surface area contributed by atoms with Crippen molar-refractivity contribution in [3.05, 3.63) is 29.3 Å². The third kappa shape index (κ3) is 2.20. The molecule has 1 aromatic carbocycles. The summed E-state index contributed by atoms with van der Waals surface area (Å²) in [5.74, 6) is 0. The molecule has 0 unspecified atom stereocenters. The van der Waals surface area contributed by atoms with Crippen molar-refractivity contribution in [2.45, 2.75) is 26.0 Å². The maximum atomic E-state index is 9.32. The Kier molecular flexibility index (Phi) is 2.90. The molecule has 1 rings (SSSR count). The van der Waals surface area contributed by atoms with Gasteiger partial charge in [0.15, 0.2) is 0 Å². The van der Waals surface area contributed by atoms with Crippen molar-refractivity contribution < 1.29 is 5.11 Å². The highest BCUT2D eigenvalue weighted by atomic mass is 16.3. The first-order chi connectivity index (χ1) is 6.02. The molecule has 0 saturated carbocycles. The van der Waals surface area contributed by atoms with Crippen LogP contribution in [0.15, 0.2) is 18.2 Å². The zero-order valence-corrected chi connectivity index (χ0v) is 7.99. The predicted molar refractivity (Wildman–Crippen MR) is 54.2 cm³/mol. The van der Waals surface area contributed by atoms with E-state index in [9.17, 15) is 5.11 Å². The number of aryl methyl sites for hydroxylation is 1. The van der Waals surface area contributed by atoms with Crippen molar-refractivity contribution in [3.63, 3.8) is 0 Å². The van der Waals surface area contributed by atoms with Gasteiger partial charge in [-0.05, 0) is 37.1 Å². The molecule has 0 aromatic heterocycles. The van der Waals surface area contributed by atoms with E-state index in [4.69, 9.17) is 11.5 Å². The van der Waals surface area contributed by atoms with Crippen molar-refractivity contribution in [2.24, 2.45) is 5.73 Å². The fraction of sp³-hybridized carbons (Fsp3) is 0.400. The Morgan fingerprint density at radius 1 is 1.38 bits per heavy atom. The van der Waals surface area contributed by atoms with Crippen molar-refractivity contribution in [3.8, 4) is 0 Å². The van der Waals surface area contributed by atoms with E-state index in [1.54, 1.807) is 6.92 Å². The minimum Gasteiger partial charge on any atom is -0.399 e. The molecule has 0 fully saturated rings. The minimum atomic E-state index is -0.555. The van der Waals surface area contributed by atoms with Crippen LogP contribution in [0.4, 0.5) is 5.69 Å². The summed E-state index contributed by atoms with van der Waals surface area (Å²) in [7, 11) is 0. The highest BCUT2D eigenvalue weighted by Gasteiger charge is 2.13. The molecular formula is C10H16N2O. The van der Waals surface area contributed by atoms with Crippen LogP contribution in [0.3, 0.4) is 0 Å². The van der Waals surface area contributed by atoms with Gasteiger partial charge in [0, 0.05) is 5.69 Å². The summed E-state index contributed by atoms with van der Waals surface area (Å²) in [6.45, 7) is 3.63. The lowest BCUT2D eigenvalue weighted by atomic mass is 9.98. The second-order valence-corrected chi connectivity index (χ2v) is 3.38. The van der Waals surface area contributed by atoms with Gasteiger partial charge in [-0.25, -0.2) is 0 Å². The summed E-state index contributed by atoms with van der Waals surface area (Å²) in [6, 6.07) is 5.19. The summed E-state index contributed by atoms with van der Waals surface area (Å²) >= 11 is 0. The molecule has 0 aliphatic rings. The lowest BCUT2D eigenvalue weighted by molar-refractivity contribution is 0.164. The largest absolute Gasteiger partial charge is 0.399 e. The number of anilines is 1. The lowest BCUT2D eigenvalue weighted by Gasteiger charge is -2.17. The van der Waals surface area contributed by atoms with E-state index in [0.717, 1.165) is 11.1 Å². The van der Waals surface area contributed by atoms with Crippen molar-refractivity contribution >= 4 is 5.69 Å². The van der Waals surface area contributed by atoms with Crippen LogP contribution in [0.5, 0.6) is 0 Å². The van der Waals surface area contributed by atoms with Gasteiger partial charge in [0.05, 0.1) is 12.1 Å². The Balaban J connectivity index is 3.05. The fourth-order valence-corrected chi connectivity index (χ4v) is 1.28. The van der Waals surface area contributed by atoms with E-state index < -0.39 is 6.10 Å². The molecule has 13 heavy (non-hydrogen) atoms. The third-order valence-corrected chi connectivity index (χ3v) is 2.18. The van der Waals surface area contributed by atoms with Crippen LogP contribution < -0.4 is 11.5 Å². The molecule has 5 N–H and O–H groups in total. The number of nitrogens with two attached hydrogens (primary N) is 2. The van der Waals surface area contributed by atoms with Crippen LogP contribution in [0, 0.1) is 6.92 Å². The van der Waals surface area contributed by atoms with Gasteiger partial charge >= 0.3 is 0 Å². The highest BCUT2D eigenvalue weighted by Crippen LogP contribution is 2.20. The second kappa shape index (κ2) is 3.77. The first-order valence-corrected chi connectivity index (χ1v) is 4.32. The highest BCUT2D eigenvalue weighted by molar-refractivity contribution is 5.45. The van der Waals surface area contributed by atoms with Crippen LogP contribution in [-0.2, 0) is 0 Å². The number of aliphatic hydroxyl groups is 1. The first-order valence-electron chi connectivity index (χ1n) is 4.32. The van der Waals surface area contributed by atoms with E-state index in [1.807, 2.05) is 25.1 Å². The fourth-order valence-electron chi connectivity index (χ4n) is 1.28. The molecule has 3 heteroatoms. The monoisotopic (exact) mass is 180 g/mol. The molecule has 1 aromatic rings. The first kappa shape index (κ1) is 10.0. The van der Waals surface area contributed by atoms with Gasteiger partial charge in [0.2, 0.25) is 0 Å². The van der Waals surface area contributed by atoms with Gasteiger partial charge in [0.25, 0.3) is 0 Å². The van der Waals surface area contributed by atoms with Gasteiger partial charge < -0.3 is 16.6 Å². The van der Waals surface area contributed by atoms with Gasteiger partial charge in [0.1, 0.15) is 0 Å². The van der Waals surface area contributed by atoms with Crippen LogP contribution in [-0.4, -0.2) is 11.2 Å². The molecule has 0 heterocycles. The van der Waals surface area contributed by atoms with Gasteiger partial charge in [-0.3, -0.25) is 0 Å². The number of hydrogen-bond acceptors (Lipinski definition) is 3. The number of benzene rings is 1. The molecule has 0 aliphatic heterocycles. The molecule has 0 radical (unpaired) electrons. The standard InChI is InChI=1S/C10H16N2O/c1-6-3-4-8(11)5-9(6)10(12)7(2)13/h3-5,7,10,13H,11-12H2,1-2H3/t7-,10+/m1/s1. The average molecular weight is 180 g/mol. The van der Waals surface area contributed by atoms with Gasteiger partial charge in [-0.1, -0.05) is 6.07 Å². The summed E-state index contributed by atoms with van der Waals surface area (Å²) < 4.78 is 0.